The van der Waals surface area contributed by atoms with Crippen LogP contribution in [-0.4, -0.2) is 43.1 Å². The lowest BCUT2D eigenvalue weighted by Crippen LogP contribution is -2.39. The van der Waals surface area contributed by atoms with E-state index in [4.69, 9.17) is 4.74 Å². The van der Waals surface area contributed by atoms with Gasteiger partial charge in [-0.25, -0.2) is 0 Å². The van der Waals surface area contributed by atoms with Crippen LogP contribution in [-0.2, 0) is 0 Å². The zero-order chi connectivity index (χ0) is 15.8. The molecule has 1 amide bonds. The molecular weight excluding hydrogens is 324 g/mol. The van der Waals surface area contributed by atoms with Gasteiger partial charge >= 0.3 is 0 Å². The van der Waals surface area contributed by atoms with Crippen molar-refractivity contribution in [2.24, 2.45) is 0 Å². The maximum absolute atomic E-state index is 13.1. The fourth-order valence-electron chi connectivity index (χ4n) is 3.93. The van der Waals surface area contributed by atoms with Crippen molar-refractivity contribution in [3.05, 3.63) is 42.0 Å². The molecule has 0 aromatic heterocycles. The maximum Gasteiger partial charge on any atom is 0.254 e. The monoisotopic (exact) mass is 346 g/mol. The minimum Gasteiger partial charge on any atom is -0.496 e. The summed E-state index contributed by atoms with van der Waals surface area (Å²) in [7, 11) is 1.67. The van der Waals surface area contributed by atoms with E-state index in [-0.39, 0.29) is 18.3 Å². The van der Waals surface area contributed by atoms with Crippen molar-refractivity contribution in [2.75, 3.05) is 20.2 Å². The first-order valence-corrected chi connectivity index (χ1v) is 8.37. The molecule has 24 heavy (non-hydrogen) atoms. The fraction of sp³-hybridized carbons (Fsp3) is 0.421. The summed E-state index contributed by atoms with van der Waals surface area (Å²) in [6, 6.07) is 12.8. The number of fused-ring (bicyclic) bond motifs is 3. The van der Waals surface area contributed by atoms with Crippen molar-refractivity contribution in [1.29, 1.82) is 0 Å². The van der Waals surface area contributed by atoms with Crippen molar-refractivity contribution in [3.63, 3.8) is 0 Å². The van der Waals surface area contributed by atoms with Crippen molar-refractivity contribution in [3.8, 4) is 5.75 Å². The van der Waals surface area contributed by atoms with Gasteiger partial charge in [-0.2, -0.15) is 0 Å². The molecule has 128 valence electrons. The van der Waals surface area contributed by atoms with Crippen LogP contribution < -0.4 is 10.1 Å². The summed E-state index contributed by atoms with van der Waals surface area (Å²) in [6.07, 6.45) is 3.48. The van der Waals surface area contributed by atoms with Crippen LogP contribution in [0.4, 0.5) is 0 Å². The molecule has 0 radical (unpaired) electrons. The molecule has 1 N–H and O–H groups in total. The van der Waals surface area contributed by atoms with E-state index in [2.05, 4.69) is 5.32 Å². The molecule has 2 saturated heterocycles. The summed E-state index contributed by atoms with van der Waals surface area (Å²) < 4.78 is 5.43. The number of halogens is 1. The summed E-state index contributed by atoms with van der Waals surface area (Å²) in [5.74, 6) is 0.951. The van der Waals surface area contributed by atoms with Crippen LogP contribution >= 0.6 is 12.4 Å². The van der Waals surface area contributed by atoms with Gasteiger partial charge in [0.25, 0.3) is 5.91 Å². The summed E-state index contributed by atoms with van der Waals surface area (Å²) in [5.41, 5.74) is 0.777. The van der Waals surface area contributed by atoms with Crippen LogP contribution in [0.25, 0.3) is 10.8 Å². The third kappa shape index (κ3) is 2.96. The number of carbonyl (C=O) groups excluding carboxylic acids is 1. The Bertz CT molecular complexity index is 749. The molecule has 4 nitrogen and oxygen atoms in total. The van der Waals surface area contributed by atoms with Gasteiger partial charge in [0.05, 0.1) is 7.11 Å². The molecule has 5 heteroatoms. The van der Waals surface area contributed by atoms with Crippen LogP contribution in [0.1, 0.15) is 29.6 Å². The van der Waals surface area contributed by atoms with Gasteiger partial charge in [0.1, 0.15) is 5.75 Å². The van der Waals surface area contributed by atoms with Crippen molar-refractivity contribution in [2.45, 2.75) is 31.3 Å². The molecular formula is C19H23ClN2O2. The molecule has 2 fully saturated rings. The third-order valence-electron chi connectivity index (χ3n) is 5.14. The molecule has 2 aromatic rings. The largest absolute Gasteiger partial charge is 0.496 e. The SMILES string of the molecule is COc1ccc(C(=O)N2CCC3CCC(C2)N3)c2ccccc12.Cl. The summed E-state index contributed by atoms with van der Waals surface area (Å²) in [4.78, 5) is 15.1. The Labute approximate surface area is 148 Å². The Morgan fingerprint density at radius 1 is 1.08 bits per heavy atom. The molecule has 2 unspecified atom stereocenters. The minimum atomic E-state index is 0. The minimum absolute atomic E-state index is 0. The van der Waals surface area contributed by atoms with E-state index in [1.807, 2.05) is 41.3 Å². The number of methoxy groups -OCH3 is 1. The van der Waals surface area contributed by atoms with Crippen molar-refractivity contribution >= 4 is 29.1 Å². The van der Waals surface area contributed by atoms with Crippen molar-refractivity contribution in [1.82, 2.24) is 10.2 Å². The zero-order valence-corrected chi connectivity index (χ0v) is 14.6. The second kappa shape index (κ2) is 6.99. The molecule has 2 heterocycles. The predicted molar refractivity (Wildman–Crippen MR) is 98.2 cm³/mol. The van der Waals surface area contributed by atoms with Gasteiger partial charge in [-0.1, -0.05) is 24.3 Å². The van der Waals surface area contributed by atoms with Crippen LogP contribution in [0, 0.1) is 0 Å². The fourth-order valence-corrected chi connectivity index (χ4v) is 3.93. The number of hydrogen-bond donors (Lipinski definition) is 1. The van der Waals surface area contributed by atoms with E-state index in [9.17, 15) is 4.79 Å². The van der Waals surface area contributed by atoms with Crippen LogP contribution in [0.2, 0.25) is 0 Å². The Morgan fingerprint density at radius 2 is 1.83 bits per heavy atom. The Kier molecular flexibility index (Phi) is 4.97. The van der Waals surface area contributed by atoms with E-state index in [0.717, 1.165) is 41.6 Å². The van der Waals surface area contributed by atoms with Crippen LogP contribution in [0.5, 0.6) is 5.75 Å². The molecule has 2 aromatic carbocycles. The Hall–Kier alpha value is -1.78. The Morgan fingerprint density at radius 3 is 2.62 bits per heavy atom. The highest BCUT2D eigenvalue weighted by molar-refractivity contribution is 6.08. The lowest BCUT2D eigenvalue weighted by Gasteiger charge is -2.25. The van der Waals surface area contributed by atoms with Crippen molar-refractivity contribution < 1.29 is 9.53 Å². The van der Waals surface area contributed by atoms with Gasteiger partial charge in [-0.05, 0) is 36.8 Å². The zero-order valence-electron chi connectivity index (χ0n) is 13.8. The summed E-state index contributed by atoms with van der Waals surface area (Å²) in [5, 5.41) is 5.60. The number of nitrogens with zero attached hydrogens (tertiary/aromatic N) is 1. The number of rotatable bonds is 2. The van der Waals surface area contributed by atoms with E-state index < -0.39 is 0 Å². The number of carbonyl (C=O) groups is 1. The average molecular weight is 347 g/mol. The smallest absolute Gasteiger partial charge is 0.254 e. The summed E-state index contributed by atoms with van der Waals surface area (Å²) >= 11 is 0. The molecule has 0 saturated carbocycles. The average Bonchev–Trinajstić information content (AvgIpc) is 2.92. The molecule has 2 aliphatic rings. The predicted octanol–water partition coefficient (Wildman–Crippen LogP) is 3.24. The molecule has 2 aliphatic heterocycles. The molecule has 0 spiro atoms. The normalized spacial score (nSPS) is 22.8. The first-order valence-electron chi connectivity index (χ1n) is 8.37. The van der Waals surface area contributed by atoms with Gasteiger partial charge in [-0.3, -0.25) is 4.79 Å². The van der Waals surface area contributed by atoms with Gasteiger partial charge in [-0.15, -0.1) is 12.4 Å². The van der Waals surface area contributed by atoms with Crippen LogP contribution in [0.15, 0.2) is 36.4 Å². The van der Waals surface area contributed by atoms with Gasteiger partial charge in [0.15, 0.2) is 0 Å². The number of ether oxygens (including phenoxy) is 1. The molecule has 4 rings (SSSR count). The van der Waals surface area contributed by atoms with Crippen LogP contribution in [0.3, 0.4) is 0 Å². The van der Waals surface area contributed by atoms with E-state index in [1.54, 1.807) is 7.11 Å². The lowest BCUT2D eigenvalue weighted by atomic mass is 10.0. The number of benzene rings is 2. The highest BCUT2D eigenvalue weighted by Crippen LogP contribution is 2.30. The van der Waals surface area contributed by atoms with E-state index >= 15 is 0 Å². The molecule has 2 bridgehead atoms. The van der Waals surface area contributed by atoms with Gasteiger partial charge in [0, 0.05) is 36.1 Å². The van der Waals surface area contributed by atoms with Gasteiger partial charge in [0.2, 0.25) is 0 Å². The molecule has 0 aliphatic carbocycles. The first kappa shape index (κ1) is 17.1. The quantitative estimate of drug-likeness (QED) is 0.907. The third-order valence-corrected chi connectivity index (χ3v) is 5.14. The standard InChI is InChI=1S/C19H22N2O2.ClH/c1-23-18-9-8-17(15-4-2-3-5-16(15)18)19(22)21-11-10-13-6-7-14(12-21)20-13;/h2-5,8-9,13-14,20H,6-7,10-12H2,1H3;1H. The Balaban J connectivity index is 0.00000169. The topological polar surface area (TPSA) is 41.6 Å². The second-order valence-corrected chi connectivity index (χ2v) is 6.54. The number of hydrogen-bond acceptors (Lipinski definition) is 3. The van der Waals surface area contributed by atoms with E-state index in [1.165, 1.54) is 12.8 Å². The highest BCUT2D eigenvalue weighted by atomic mass is 35.5. The number of amides is 1. The van der Waals surface area contributed by atoms with Gasteiger partial charge < -0.3 is 15.0 Å². The second-order valence-electron chi connectivity index (χ2n) is 6.54. The summed E-state index contributed by atoms with van der Waals surface area (Å²) in [6.45, 7) is 1.66. The number of likely N-dealkylation sites (tertiary alicyclic amines) is 1. The number of nitrogens with one attached hydrogen (secondary N) is 1. The van der Waals surface area contributed by atoms with E-state index in [0.29, 0.717) is 12.1 Å². The highest BCUT2D eigenvalue weighted by Gasteiger charge is 2.31. The lowest BCUT2D eigenvalue weighted by molar-refractivity contribution is 0.0750. The molecule has 2 atom stereocenters. The first-order chi connectivity index (χ1) is 11.3. The maximum atomic E-state index is 13.1.